The summed E-state index contributed by atoms with van der Waals surface area (Å²) < 4.78 is 4.17. The predicted octanol–water partition coefficient (Wildman–Crippen LogP) is 4.75. The molecule has 1 rings (SSSR count). The van der Waals surface area contributed by atoms with E-state index in [1.807, 2.05) is 0 Å². The lowest BCUT2D eigenvalue weighted by molar-refractivity contribution is 0.355. The van der Waals surface area contributed by atoms with Gasteiger partial charge in [-0.2, -0.15) is 0 Å². The van der Waals surface area contributed by atoms with Crippen LogP contribution in [0.3, 0.4) is 0 Å². The average molecular weight is 298 g/mol. The van der Waals surface area contributed by atoms with Gasteiger partial charge < -0.3 is 5.32 Å². The summed E-state index contributed by atoms with van der Waals surface area (Å²) in [6, 6.07) is 0.451. The van der Waals surface area contributed by atoms with E-state index in [1.165, 1.54) is 49.1 Å². The van der Waals surface area contributed by atoms with E-state index in [0.717, 1.165) is 18.9 Å². The molecule has 3 nitrogen and oxygen atoms in total. The van der Waals surface area contributed by atoms with E-state index < -0.39 is 0 Å². The molecule has 20 heavy (non-hydrogen) atoms. The van der Waals surface area contributed by atoms with Crippen LogP contribution >= 0.6 is 11.5 Å². The summed E-state index contributed by atoms with van der Waals surface area (Å²) in [6.07, 6.45) is 8.67. The first-order valence-corrected chi connectivity index (χ1v) is 9.08. The van der Waals surface area contributed by atoms with Gasteiger partial charge >= 0.3 is 0 Å². The Morgan fingerprint density at radius 1 is 1.15 bits per heavy atom. The fourth-order valence-corrected chi connectivity index (χ4v) is 3.47. The predicted molar refractivity (Wildman–Crippen MR) is 88.2 cm³/mol. The smallest absolute Gasteiger partial charge is 0.0800 e. The van der Waals surface area contributed by atoms with E-state index in [-0.39, 0.29) is 0 Å². The number of hydrogen-bond donors (Lipinski definition) is 1. The molecule has 0 aromatic carbocycles. The van der Waals surface area contributed by atoms with Crippen molar-refractivity contribution >= 4 is 11.5 Å². The van der Waals surface area contributed by atoms with E-state index in [4.69, 9.17) is 0 Å². The zero-order valence-corrected chi connectivity index (χ0v) is 14.4. The van der Waals surface area contributed by atoms with Crippen molar-refractivity contribution in [3.05, 3.63) is 10.6 Å². The zero-order chi connectivity index (χ0) is 14.8. The maximum absolute atomic E-state index is 4.29. The summed E-state index contributed by atoms with van der Waals surface area (Å²) in [6.45, 7) is 10.1. The van der Waals surface area contributed by atoms with Crippen LogP contribution in [0, 0.1) is 5.92 Å². The highest BCUT2D eigenvalue weighted by atomic mass is 32.1. The quantitative estimate of drug-likeness (QED) is 0.640. The van der Waals surface area contributed by atoms with Gasteiger partial charge in [0.05, 0.1) is 10.6 Å². The van der Waals surface area contributed by atoms with Crippen LogP contribution in [0.25, 0.3) is 0 Å². The molecular weight excluding hydrogens is 266 g/mol. The van der Waals surface area contributed by atoms with Crippen LogP contribution in [0.1, 0.15) is 82.8 Å². The van der Waals surface area contributed by atoms with E-state index in [2.05, 4.69) is 42.6 Å². The van der Waals surface area contributed by atoms with Crippen LogP contribution in [0.4, 0.5) is 0 Å². The van der Waals surface area contributed by atoms with Crippen molar-refractivity contribution in [1.82, 2.24) is 14.9 Å². The van der Waals surface area contributed by atoms with E-state index >= 15 is 0 Å². The lowest BCUT2D eigenvalue weighted by Gasteiger charge is -2.23. The van der Waals surface area contributed by atoms with Crippen molar-refractivity contribution < 1.29 is 0 Å². The summed E-state index contributed by atoms with van der Waals surface area (Å²) in [4.78, 5) is 1.37. The van der Waals surface area contributed by atoms with Gasteiger partial charge in [0.2, 0.25) is 0 Å². The molecule has 116 valence electrons. The molecule has 1 heterocycles. The summed E-state index contributed by atoms with van der Waals surface area (Å²) in [7, 11) is 0. The molecule has 0 saturated carbocycles. The van der Waals surface area contributed by atoms with Crippen LogP contribution in [0.5, 0.6) is 0 Å². The maximum atomic E-state index is 4.29. The van der Waals surface area contributed by atoms with Gasteiger partial charge in [0, 0.05) is 6.04 Å². The lowest BCUT2D eigenvalue weighted by Crippen LogP contribution is -2.24. The third-order valence-electron chi connectivity index (χ3n) is 3.99. The number of aryl methyl sites for hydroxylation is 1. The number of nitrogens with one attached hydrogen (secondary N) is 1. The summed E-state index contributed by atoms with van der Waals surface area (Å²) >= 11 is 1.59. The maximum Gasteiger partial charge on any atom is 0.0800 e. The molecule has 2 unspecified atom stereocenters. The second-order valence-electron chi connectivity index (χ2n) is 5.60. The van der Waals surface area contributed by atoms with Crippen molar-refractivity contribution in [2.75, 3.05) is 6.54 Å². The molecule has 0 aliphatic heterocycles. The SMILES string of the molecule is CCCCC(CC)CC(NCCC)c1snnc1CC. The lowest BCUT2D eigenvalue weighted by atomic mass is 9.91. The summed E-state index contributed by atoms with van der Waals surface area (Å²) in [5, 5.41) is 8.01. The molecule has 1 aromatic heterocycles. The highest BCUT2D eigenvalue weighted by Crippen LogP contribution is 2.30. The van der Waals surface area contributed by atoms with Crippen LogP contribution < -0.4 is 5.32 Å². The molecule has 1 aromatic rings. The molecule has 0 amide bonds. The first-order chi connectivity index (χ1) is 9.76. The summed E-state index contributed by atoms with van der Waals surface area (Å²) in [5.74, 6) is 0.816. The summed E-state index contributed by atoms with van der Waals surface area (Å²) in [5.41, 5.74) is 1.19. The molecule has 0 spiro atoms. The Balaban J connectivity index is 2.72. The Hall–Kier alpha value is -0.480. The fraction of sp³-hybridized carbons (Fsp3) is 0.875. The van der Waals surface area contributed by atoms with Crippen molar-refractivity contribution in [1.29, 1.82) is 0 Å². The van der Waals surface area contributed by atoms with Crippen LogP contribution in [0.2, 0.25) is 0 Å². The normalized spacial score (nSPS) is 14.4. The van der Waals surface area contributed by atoms with Gasteiger partial charge in [0.15, 0.2) is 0 Å². The largest absolute Gasteiger partial charge is 0.309 e. The number of hydrogen-bond acceptors (Lipinski definition) is 4. The monoisotopic (exact) mass is 297 g/mol. The van der Waals surface area contributed by atoms with Gasteiger partial charge in [-0.1, -0.05) is 57.9 Å². The minimum Gasteiger partial charge on any atom is -0.309 e. The molecule has 0 bridgehead atoms. The van der Waals surface area contributed by atoms with E-state index in [1.54, 1.807) is 11.5 Å². The van der Waals surface area contributed by atoms with Gasteiger partial charge in [-0.05, 0) is 43.3 Å². The minimum atomic E-state index is 0.451. The minimum absolute atomic E-state index is 0.451. The number of aromatic nitrogens is 2. The third-order valence-corrected chi connectivity index (χ3v) is 4.87. The standard InChI is InChI=1S/C16H31N3S/c1-5-9-10-13(7-3)12-15(17-11-6-2)16-14(8-4)18-19-20-16/h13,15,17H,5-12H2,1-4H3. The van der Waals surface area contributed by atoms with Gasteiger partial charge in [0.1, 0.15) is 0 Å². The molecule has 1 N–H and O–H groups in total. The highest BCUT2D eigenvalue weighted by Gasteiger charge is 2.21. The highest BCUT2D eigenvalue weighted by molar-refractivity contribution is 7.05. The number of unbranched alkanes of at least 4 members (excludes halogenated alkanes) is 1. The van der Waals surface area contributed by atoms with Crippen LogP contribution in [-0.4, -0.2) is 16.1 Å². The van der Waals surface area contributed by atoms with Crippen molar-refractivity contribution in [2.45, 2.75) is 78.7 Å². The van der Waals surface area contributed by atoms with Crippen LogP contribution in [-0.2, 0) is 6.42 Å². The molecule has 0 aliphatic rings. The molecular formula is C16H31N3S. The number of rotatable bonds is 11. The Labute approximate surface area is 128 Å². The van der Waals surface area contributed by atoms with E-state index in [9.17, 15) is 0 Å². The molecule has 0 fully saturated rings. The molecule has 0 radical (unpaired) electrons. The molecule has 4 heteroatoms. The van der Waals surface area contributed by atoms with Crippen molar-refractivity contribution in [3.63, 3.8) is 0 Å². The van der Waals surface area contributed by atoms with Gasteiger partial charge in [-0.15, -0.1) is 5.10 Å². The fourth-order valence-electron chi connectivity index (χ4n) is 2.64. The third kappa shape index (κ3) is 5.49. The Morgan fingerprint density at radius 3 is 2.55 bits per heavy atom. The van der Waals surface area contributed by atoms with Crippen LogP contribution in [0.15, 0.2) is 0 Å². The second kappa shape index (κ2) is 10.3. The van der Waals surface area contributed by atoms with E-state index in [0.29, 0.717) is 6.04 Å². The number of nitrogens with zero attached hydrogens (tertiary/aromatic N) is 2. The Bertz CT molecular complexity index is 351. The van der Waals surface area contributed by atoms with Gasteiger partial charge in [0.25, 0.3) is 0 Å². The first-order valence-electron chi connectivity index (χ1n) is 8.31. The molecule has 0 aliphatic carbocycles. The average Bonchev–Trinajstić information content (AvgIpc) is 2.95. The van der Waals surface area contributed by atoms with Gasteiger partial charge in [-0.25, -0.2) is 0 Å². The first kappa shape index (κ1) is 17.6. The topological polar surface area (TPSA) is 37.8 Å². The van der Waals surface area contributed by atoms with Gasteiger partial charge in [-0.3, -0.25) is 0 Å². The Morgan fingerprint density at radius 2 is 1.95 bits per heavy atom. The molecule has 0 saturated heterocycles. The Kier molecular flexibility index (Phi) is 9.03. The van der Waals surface area contributed by atoms with Crippen molar-refractivity contribution in [2.24, 2.45) is 5.92 Å². The zero-order valence-electron chi connectivity index (χ0n) is 13.6. The second-order valence-corrected chi connectivity index (χ2v) is 6.38. The van der Waals surface area contributed by atoms with Crippen molar-refractivity contribution in [3.8, 4) is 0 Å². The molecule has 2 atom stereocenters.